The summed E-state index contributed by atoms with van der Waals surface area (Å²) < 4.78 is 1.68. The number of hydrogen-bond donors (Lipinski definition) is 2. The highest BCUT2D eigenvalue weighted by atomic mass is 16.3. The summed E-state index contributed by atoms with van der Waals surface area (Å²) in [5.41, 5.74) is 0.889. The van der Waals surface area contributed by atoms with E-state index in [0.29, 0.717) is 19.1 Å². The topological polar surface area (TPSA) is 73.6 Å². The zero-order chi connectivity index (χ0) is 17.0. The number of carbonyl (C=O) groups excluding carboxylic acids is 1. The number of aliphatic hydroxyl groups excluding tert-OH is 1. The molecule has 2 atom stereocenters. The third kappa shape index (κ3) is 5.02. The molecule has 0 unspecified atom stereocenters. The molecule has 2 N–H and O–H groups in total. The minimum Gasteiger partial charge on any atom is -0.392 e. The second kappa shape index (κ2) is 7.90. The van der Waals surface area contributed by atoms with E-state index < -0.39 is 0 Å². The van der Waals surface area contributed by atoms with Crippen LogP contribution in [0.2, 0.25) is 0 Å². The van der Waals surface area contributed by atoms with Crippen molar-refractivity contribution in [2.24, 2.45) is 7.05 Å². The summed E-state index contributed by atoms with van der Waals surface area (Å²) in [5, 5.41) is 16.7. The molecule has 0 aliphatic carbocycles. The van der Waals surface area contributed by atoms with Crippen LogP contribution < -0.4 is 5.32 Å². The first-order valence-corrected chi connectivity index (χ1v) is 8.34. The van der Waals surface area contributed by atoms with Crippen molar-refractivity contribution in [1.29, 1.82) is 0 Å². The molecule has 0 aromatic carbocycles. The number of aliphatic hydroxyl groups is 1. The highest BCUT2D eigenvalue weighted by Gasteiger charge is 2.27. The van der Waals surface area contributed by atoms with E-state index in [-0.39, 0.29) is 12.0 Å². The van der Waals surface area contributed by atoms with Gasteiger partial charge in [0.05, 0.1) is 18.3 Å². The van der Waals surface area contributed by atoms with Gasteiger partial charge in [-0.25, -0.2) is 0 Å². The van der Waals surface area contributed by atoms with Crippen LogP contribution in [-0.4, -0.2) is 75.5 Å². The van der Waals surface area contributed by atoms with Gasteiger partial charge in [-0.05, 0) is 20.3 Å². The first-order chi connectivity index (χ1) is 10.9. The maximum atomic E-state index is 12.2. The van der Waals surface area contributed by atoms with Gasteiger partial charge in [-0.15, -0.1) is 0 Å². The molecule has 0 bridgehead atoms. The standard InChI is InChI=1S/C16H29N5O2/c1-5-14-10-20(6-7-21(14)9-13(3)22)11-16(23)17-15-8-12(2)18-19(15)4/h8,13-14,22H,5-7,9-11H2,1-4H3,(H,17,23)/t13-,14-/m1/s1. The summed E-state index contributed by atoms with van der Waals surface area (Å²) in [6, 6.07) is 2.26. The number of anilines is 1. The van der Waals surface area contributed by atoms with Crippen molar-refractivity contribution in [3.05, 3.63) is 11.8 Å². The second-order valence-electron chi connectivity index (χ2n) is 6.48. The van der Waals surface area contributed by atoms with Crippen molar-refractivity contribution >= 4 is 11.7 Å². The minimum absolute atomic E-state index is 0.00757. The Morgan fingerprint density at radius 1 is 1.52 bits per heavy atom. The summed E-state index contributed by atoms with van der Waals surface area (Å²) >= 11 is 0. The fraction of sp³-hybridized carbons (Fsp3) is 0.750. The first-order valence-electron chi connectivity index (χ1n) is 8.34. The van der Waals surface area contributed by atoms with Crippen molar-refractivity contribution < 1.29 is 9.90 Å². The largest absolute Gasteiger partial charge is 0.392 e. The number of aromatic nitrogens is 2. The number of β-amino-alcohol motifs (C(OH)–C–C–N with tert-alkyl or cyclic N) is 1. The number of aryl methyl sites for hydroxylation is 2. The van der Waals surface area contributed by atoms with E-state index in [9.17, 15) is 9.90 Å². The minimum atomic E-state index is -0.313. The quantitative estimate of drug-likeness (QED) is 0.795. The van der Waals surface area contributed by atoms with E-state index in [2.05, 4.69) is 27.1 Å². The lowest BCUT2D eigenvalue weighted by molar-refractivity contribution is -0.118. The summed E-state index contributed by atoms with van der Waals surface area (Å²) in [6.45, 7) is 9.58. The molecule has 0 spiro atoms. The van der Waals surface area contributed by atoms with Crippen LogP contribution in [0.3, 0.4) is 0 Å². The summed E-state index contributed by atoms with van der Waals surface area (Å²) in [4.78, 5) is 16.8. The monoisotopic (exact) mass is 323 g/mol. The van der Waals surface area contributed by atoms with Gasteiger partial charge in [0.25, 0.3) is 0 Å². The van der Waals surface area contributed by atoms with E-state index in [0.717, 1.165) is 37.6 Å². The van der Waals surface area contributed by atoms with E-state index in [1.165, 1.54) is 0 Å². The molecule has 1 saturated heterocycles. The normalized spacial score (nSPS) is 21.3. The molecule has 1 aromatic heterocycles. The van der Waals surface area contributed by atoms with E-state index in [1.54, 1.807) is 4.68 Å². The van der Waals surface area contributed by atoms with E-state index in [1.807, 2.05) is 27.0 Å². The number of amides is 1. The Morgan fingerprint density at radius 2 is 2.26 bits per heavy atom. The number of hydrogen-bond acceptors (Lipinski definition) is 5. The SMILES string of the molecule is CC[C@@H]1CN(CC(=O)Nc2cc(C)nn2C)CCN1C[C@@H](C)O. The summed E-state index contributed by atoms with van der Waals surface area (Å²) in [7, 11) is 1.82. The van der Waals surface area contributed by atoms with Gasteiger partial charge in [-0.2, -0.15) is 5.10 Å². The van der Waals surface area contributed by atoms with Gasteiger partial charge in [0.15, 0.2) is 0 Å². The Hall–Kier alpha value is -1.44. The smallest absolute Gasteiger partial charge is 0.239 e. The molecule has 7 nitrogen and oxygen atoms in total. The van der Waals surface area contributed by atoms with Gasteiger partial charge >= 0.3 is 0 Å². The zero-order valence-corrected chi connectivity index (χ0v) is 14.6. The fourth-order valence-corrected chi connectivity index (χ4v) is 3.18. The van der Waals surface area contributed by atoms with Gasteiger partial charge in [-0.1, -0.05) is 6.92 Å². The van der Waals surface area contributed by atoms with Crippen molar-refractivity contribution in [2.75, 3.05) is 38.0 Å². The molecule has 7 heteroatoms. The Kier molecular flexibility index (Phi) is 6.15. The molecule has 1 amide bonds. The molecule has 1 aromatic rings. The molecule has 1 aliphatic heterocycles. The Morgan fingerprint density at radius 3 is 2.83 bits per heavy atom. The molecule has 2 rings (SSSR count). The molecular weight excluding hydrogens is 294 g/mol. The lowest BCUT2D eigenvalue weighted by Crippen LogP contribution is -2.55. The van der Waals surface area contributed by atoms with Gasteiger partial charge in [0.1, 0.15) is 5.82 Å². The van der Waals surface area contributed by atoms with Crippen molar-refractivity contribution in [1.82, 2.24) is 19.6 Å². The van der Waals surface area contributed by atoms with Crippen LogP contribution in [0.1, 0.15) is 26.0 Å². The number of carbonyl (C=O) groups is 1. The second-order valence-corrected chi connectivity index (χ2v) is 6.48. The summed E-state index contributed by atoms with van der Waals surface area (Å²) in [5.74, 6) is 0.721. The van der Waals surface area contributed by atoms with Crippen molar-refractivity contribution in [2.45, 2.75) is 39.3 Å². The van der Waals surface area contributed by atoms with Crippen molar-refractivity contribution in [3.63, 3.8) is 0 Å². The average Bonchev–Trinajstić information content (AvgIpc) is 2.77. The number of rotatable bonds is 6. The molecule has 0 radical (unpaired) electrons. The van der Waals surface area contributed by atoms with Crippen LogP contribution in [0.25, 0.3) is 0 Å². The summed E-state index contributed by atoms with van der Waals surface area (Å²) in [6.07, 6.45) is 0.707. The van der Waals surface area contributed by atoms with Crippen LogP contribution in [-0.2, 0) is 11.8 Å². The third-order valence-corrected chi connectivity index (χ3v) is 4.30. The van der Waals surface area contributed by atoms with Crippen LogP contribution in [0, 0.1) is 6.92 Å². The molecule has 0 saturated carbocycles. The Labute approximate surface area is 138 Å². The highest BCUT2D eigenvalue weighted by Crippen LogP contribution is 2.14. The number of nitrogens with one attached hydrogen (secondary N) is 1. The molecule has 1 aliphatic rings. The predicted molar refractivity (Wildman–Crippen MR) is 90.3 cm³/mol. The van der Waals surface area contributed by atoms with E-state index in [4.69, 9.17) is 0 Å². The van der Waals surface area contributed by atoms with E-state index >= 15 is 0 Å². The molecule has 1 fully saturated rings. The van der Waals surface area contributed by atoms with Gasteiger partial charge in [0.2, 0.25) is 5.91 Å². The molecule has 130 valence electrons. The van der Waals surface area contributed by atoms with Gasteiger partial charge in [-0.3, -0.25) is 19.3 Å². The van der Waals surface area contributed by atoms with Crippen LogP contribution in [0.5, 0.6) is 0 Å². The number of nitrogens with zero attached hydrogens (tertiary/aromatic N) is 4. The molecular formula is C16H29N5O2. The number of piperazine rings is 1. The van der Waals surface area contributed by atoms with Gasteiger partial charge in [0, 0.05) is 45.3 Å². The molecule has 23 heavy (non-hydrogen) atoms. The zero-order valence-electron chi connectivity index (χ0n) is 14.6. The highest BCUT2D eigenvalue weighted by molar-refractivity contribution is 5.91. The first kappa shape index (κ1) is 17.9. The Balaban J connectivity index is 1.86. The van der Waals surface area contributed by atoms with Crippen LogP contribution >= 0.6 is 0 Å². The molecule has 2 heterocycles. The Bertz CT molecular complexity index is 529. The average molecular weight is 323 g/mol. The lowest BCUT2D eigenvalue weighted by atomic mass is 10.1. The predicted octanol–water partition coefficient (Wildman–Crippen LogP) is 0.444. The maximum absolute atomic E-state index is 12.2. The maximum Gasteiger partial charge on any atom is 0.239 e. The van der Waals surface area contributed by atoms with Crippen LogP contribution in [0.15, 0.2) is 6.07 Å². The van der Waals surface area contributed by atoms with Crippen LogP contribution in [0.4, 0.5) is 5.82 Å². The van der Waals surface area contributed by atoms with Gasteiger partial charge < -0.3 is 10.4 Å². The lowest BCUT2D eigenvalue weighted by Gasteiger charge is -2.41. The van der Waals surface area contributed by atoms with Crippen molar-refractivity contribution in [3.8, 4) is 0 Å². The fourth-order valence-electron chi connectivity index (χ4n) is 3.18. The third-order valence-electron chi connectivity index (χ3n) is 4.30.